The summed E-state index contributed by atoms with van der Waals surface area (Å²) >= 11 is 8.80. The van der Waals surface area contributed by atoms with Crippen LogP contribution in [0.25, 0.3) is 33.4 Å². The van der Waals surface area contributed by atoms with Crippen LogP contribution in [-0.2, 0) is 0 Å². The van der Waals surface area contributed by atoms with Crippen molar-refractivity contribution in [1.82, 2.24) is 0 Å². The molecule has 0 heterocycles. The Kier molecular flexibility index (Phi) is 3.36. The van der Waals surface area contributed by atoms with Crippen LogP contribution in [0.4, 0.5) is 0 Å². The Morgan fingerprint density at radius 3 is 1.32 bits per heavy atom. The molecule has 0 unspecified atom stereocenters. The summed E-state index contributed by atoms with van der Waals surface area (Å²) in [6, 6.07) is 25.6. The Balaban J connectivity index is 1.85. The van der Waals surface area contributed by atoms with Gasteiger partial charge in [-0.1, -0.05) is 36.4 Å². The molecule has 4 aliphatic rings. The highest BCUT2D eigenvalue weighted by atomic mass is 32.1. The van der Waals surface area contributed by atoms with E-state index >= 15 is 0 Å². The lowest BCUT2D eigenvalue weighted by molar-refractivity contribution is 1.54. The van der Waals surface area contributed by atoms with Crippen molar-refractivity contribution in [3.05, 3.63) is 72.8 Å². The molecule has 0 radical (unpaired) electrons. The smallest absolute Gasteiger partial charge is 0.00523 e. The quantitative estimate of drug-likeness (QED) is 0.387. The van der Waals surface area contributed by atoms with Crippen molar-refractivity contribution >= 4 is 25.3 Å². The molecule has 0 aliphatic heterocycles. The molecule has 106 valence electrons. The second-order valence-corrected chi connectivity index (χ2v) is 6.53. The van der Waals surface area contributed by atoms with Crippen LogP contribution in [0.2, 0.25) is 0 Å². The van der Waals surface area contributed by atoms with Crippen molar-refractivity contribution in [2.75, 3.05) is 0 Å². The molecular formula is C20H14S2. The minimum atomic E-state index is 0.977. The van der Waals surface area contributed by atoms with Gasteiger partial charge in [0.25, 0.3) is 0 Å². The van der Waals surface area contributed by atoms with Gasteiger partial charge in [-0.2, -0.15) is 0 Å². The largest absolute Gasteiger partial charge is 0.143 e. The lowest BCUT2D eigenvalue weighted by Crippen LogP contribution is -1.65. The Morgan fingerprint density at radius 1 is 0.364 bits per heavy atom. The lowest BCUT2D eigenvalue weighted by Gasteiger charge is -1.91. The standard InChI is InChI=1S/C20H14S2/c21-19-7-5-14-9-18(10-15(14)6-8-19)13-1-3-16-11-20(22)12-17(16)4-2-13/h1-12,21-22H. The van der Waals surface area contributed by atoms with Gasteiger partial charge in [0, 0.05) is 9.79 Å². The maximum atomic E-state index is 4.41. The summed E-state index contributed by atoms with van der Waals surface area (Å²) in [5.74, 6) is 0. The van der Waals surface area contributed by atoms with Gasteiger partial charge in [0.2, 0.25) is 0 Å². The normalized spacial score (nSPS) is 11.2. The highest BCUT2D eigenvalue weighted by Crippen LogP contribution is 2.34. The maximum Gasteiger partial charge on any atom is 0.00523 e. The van der Waals surface area contributed by atoms with Crippen molar-refractivity contribution in [3.8, 4) is 33.4 Å². The van der Waals surface area contributed by atoms with Gasteiger partial charge in [0.1, 0.15) is 0 Å². The van der Waals surface area contributed by atoms with Gasteiger partial charge in [-0.05, 0) is 69.8 Å². The molecule has 2 heteroatoms. The summed E-state index contributed by atoms with van der Waals surface area (Å²) in [5.41, 5.74) is 7.38. The fourth-order valence-electron chi connectivity index (χ4n) is 2.83. The summed E-state index contributed by atoms with van der Waals surface area (Å²) in [7, 11) is 0. The van der Waals surface area contributed by atoms with E-state index in [1.807, 2.05) is 12.1 Å². The average molecular weight is 318 g/mol. The van der Waals surface area contributed by atoms with Crippen LogP contribution >= 0.6 is 25.3 Å². The number of rotatable bonds is 1. The average Bonchev–Trinajstić information content (AvgIpc) is 2.95. The number of fused-ring (bicyclic) bond motifs is 2. The van der Waals surface area contributed by atoms with Gasteiger partial charge in [-0.25, -0.2) is 0 Å². The summed E-state index contributed by atoms with van der Waals surface area (Å²) in [6.07, 6.45) is 0. The first-order chi connectivity index (χ1) is 10.7. The van der Waals surface area contributed by atoms with Crippen LogP contribution in [0.15, 0.2) is 82.6 Å². The number of hydrogen-bond donors (Lipinski definition) is 2. The van der Waals surface area contributed by atoms with Gasteiger partial charge in [0.05, 0.1) is 0 Å². The van der Waals surface area contributed by atoms with Crippen LogP contribution < -0.4 is 0 Å². The molecule has 22 heavy (non-hydrogen) atoms. The van der Waals surface area contributed by atoms with E-state index in [0.717, 1.165) is 9.79 Å². The zero-order valence-corrected chi connectivity index (χ0v) is 13.6. The van der Waals surface area contributed by atoms with E-state index in [9.17, 15) is 0 Å². The Labute approximate surface area is 141 Å². The van der Waals surface area contributed by atoms with Gasteiger partial charge >= 0.3 is 0 Å². The first-order valence-electron chi connectivity index (χ1n) is 7.15. The summed E-state index contributed by atoms with van der Waals surface area (Å²) in [6.45, 7) is 0. The van der Waals surface area contributed by atoms with E-state index in [1.165, 1.54) is 33.4 Å². The summed E-state index contributed by atoms with van der Waals surface area (Å²) in [5, 5.41) is 0. The predicted molar refractivity (Wildman–Crippen MR) is 99.6 cm³/mol. The second-order valence-electron chi connectivity index (χ2n) is 5.49. The van der Waals surface area contributed by atoms with E-state index in [1.54, 1.807) is 0 Å². The van der Waals surface area contributed by atoms with Gasteiger partial charge in [-0.15, -0.1) is 25.3 Å². The topological polar surface area (TPSA) is 0 Å². The van der Waals surface area contributed by atoms with Crippen molar-refractivity contribution < 1.29 is 0 Å². The Morgan fingerprint density at radius 2 is 0.773 bits per heavy atom. The molecule has 0 fully saturated rings. The van der Waals surface area contributed by atoms with Crippen LogP contribution in [0.1, 0.15) is 0 Å². The Hall–Kier alpha value is -1.90. The van der Waals surface area contributed by atoms with E-state index in [-0.39, 0.29) is 0 Å². The predicted octanol–water partition coefficient (Wildman–Crippen LogP) is 6.14. The van der Waals surface area contributed by atoms with Crippen molar-refractivity contribution in [1.29, 1.82) is 0 Å². The van der Waals surface area contributed by atoms with E-state index < -0.39 is 0 Å². The van der Waals surface area contributed by atoms with Crippen LogP contribution in [-0.4, -0.2) is 0 Å². The molecule has 0 aromatic carbocycles. The zero-order valence-electron chi connectivity index (χ0n) is 11.8. The molecule has 0 saturated carbocycles. The minimum Gasteiger partial charge on any atom is -0.143 e. The third-order valence-corrected chi connectivity index (χ3v) is 4.54. The van der Waals surface area contributed by atoms with Crippen molar-refractivity contribution in [2.45, 2.75) is 9.79 Å². The van der Waals surface area contributed by atoms with Crippen LogP contribution in [0, 0.1) is 0 Å². The number of thiol groups is 2. The highest BCUT2D eigenvalue weighted by Gasteiger charge is 2.08. The van der Waals surface area contributed by atoms with E-state index in [0.29, 0.717) is 0 Å². The maximum absolute atomic E-state index is 4.41. The first kappa shape index (κ1) is 13.7. The number of hydrogen-bond acceptors (Lipinski definition) is 2. The van der Waals surface area contributed by atoms with Crippen molar-refractivity contribution in [2.24, 2.45) is 0 Å². The zero-order chi connectivity index (χ0) is 15.1. The van der Waals surface area contributed by atoms with E-state index in [2.05, 4.69) is 85.9 Å². The van der Waals surface area contributed by atoms with Crippen molar-refractivity contribution in [3.63, 3.8) is 0 Å². The molecule has 0 aromatic rings. The molecule has 4 aliphatic carbocycles. The molecule has 0 nitrogen and oxygen atoms in total. The molecule has 0 bridgehead atoms. The fourth-order valence-corrected chi connectivity index (χ4v) is 3.25. The summed E-state index contributed by atoms with van der Waals surface area (Å²) < 4.78 is 0. The molecule has 0 spiro atoms. The molecule has 0 amide bonds. The van der Waals surface area contributed by atoms with Crippen LogP contribution in [0.5, 0.6) is 0 Å². The Bertz CT molecular complexity index is 843. The van der Waals surface area contributed by atoms with E-state index in [4.69, 9.17) is 0 Å². The van der Waals surface area contributed by atoms with Gasteiger partial charge < -0.3 is 0 Å². The third-order valence-electron chi connectivity index (χ3n) is 3.98. The fraction of sp³-hybridized carbons (Fsp3) is 0. The lowest BCUT2D eigenvalue weighted by atomic mass is 10.1. The molecular weight excluding hydrogens is 304 g/mol. The monoisotopic (exact) mass is 318 g/mol. The molecule has 4 rings (SSSR count). The molecule has 0 aromatic heterocycles. The molecule has 0 atom stereocenters. The highest BCUT2D eigenvalue weighted by molar-refractivity contribution is 7.80. The minimum absolute atomic E-state index is 0.977. The SMILES string of the molecule is Sc1ccc2cc(-c3ccc4cc(S)cc-4cc3)cc-2cc1. The van der Waals surface area contributed by atoms with Crippen LogP contribution in [0.3, 0.4) is 0 Å². The first-order valence-corrected chi connectivity index (χ1v) is 8.04. The van der Waals surface area contributed by atoms with Gasteiger partial charge in [0.15, 0.2) is 0 Å². The van der Waals surface area contributed by atoms with Gasteiger partial charge in [-0.3, -0.25) is 0 Å². The molecule has 0 N–H and O–H groups in total. The third kappa shape index (κ3) is 2.49. The summed E-state index contributed by atoms with van der Waals surface area (Å²) in [4.78, 5) is 1.99. The second kappa shape index (κ2) is 5.38. The molecule has 0 saturated heterocycles.